The quantitative estimate of drug-likeness (QED) is 0.781. The molecule has 3 N–H and O–H groups in total. The van der Waals surface area contributed by atoms with Gasteiger partial charge in [-0.05, 0) is 47.0 Å². The highest BCUT2D eigenvalue weighted by molar-refractivity contribution is 9.10. The number of carbonyl (C=O) groups excluding carboxylic acids is 1. The molecule has 1 aromatic rings. The van der Waals surface area contributed by atoms with Crippen molar-refractivity contribution in [2.45, 2.75) is 25.8 Å². The SMILES string of the molecule is CCC(CCO)NC(=O)Nc1ccc(F)cc1Br. The van der Waals surface area contributed by atoms with Crippen LogP contribution < -0.4 is 10.6 Å². The Hall–Kier alpha value is -1.14. The lowest BCUT2D eigenvalue weighted by atomic mass is 10.2. The molecule has 0 bridgehead atoms. The van der Waals surface area contributed by atoms with Crippen molar-refractivity contribution in [1.82, 2.24) is 5.32 Å². The molecule has 1 unspecified atom stereocenters. The molecule has 0 saturated heterocycles. The molecule has 0 aliphatic heterocycles. The van der Waals surface area contributed by atoms with Gasteiger partial charge in [0.2, 0.25) is 0 Å². The second kappa shape index (κ2) is 7.33. The van der Waals surface area contributed by atoms with Crippen molar-refractivity contribution in [3.05, 3.63) is 28.5 Å². The van der Waals surface area contributed by atoms with E-state index in [2.05, 4.69) is 26.6 Å². The van der Waals surface area contributed by atoms with E-state index in [4.69, 9.17) is 5.11 Å². The number of rotatable bonds is 5. The third-order valence-electron chi connectivity index (χ3n) is 2.48. The molecule has 0 aliphatic carbocycles. The Kier molecular flexibility index (Phi) is 6.07. The van der Waals surface area contributed by atoms with Gasteiger partial charge in [-0.3, -0.25) is 0 Å². The smallest absolute Gasteiger partial charge is 0.319 e. The number of hydrogen-bond acceptors (Lipinski definition) is 2. The predicted molar refractivity (Wildman–Crippen MR) is 72.0 cm³/mol. The lowest BCUT2D eigenvalue weighted by molar-refractivity contribution is 0.237. The normalized spacial score (nSPS) is 12.0. The number of amides is 2. The molecule has 0 saturated carbocycles. The number of carbonyl (C=O) groups is 1. The molecule has 1 atom stereocenters. The number of nitrogens with one attached hydrogen (secondary N) is 2. The molecule has 0 radical (unpaired) electrons. The third kappa shape index (κ3) is 4.62. The maximum Gasteiger partial charge on any atom is 0.319 e. The van der Waals surface area contributed by atoms with Crippen molar-refractivity contribution in [3.63, 3.8) is 0 Å². The zero-order valence-electron chi connectivity index (χ0n) is 10.0. The standard InChI is InChI=1S/C12H16BrFN2O2/c1-2-9(5-6-17)15-12(18)16-11-4-3-8(14)7-10(11)13/h3-4,7,9,17H,2,5-6H2,1H3,(H2,15,16,18). The van der Waals surface area contributed by atoms with E-state index in [1.165, 1.54) is 18.2 Å². The van der Waals surface area contributed by atoms with Crippen LogP contribution in [0.3, 0.4) is 0 Å². The fourth-order valence-corrected chi connectivity index (χ4v) is 1.92. The van der Waals surface area contributed by atoms with E-state index in [-0.39, 0.29) is 24.5 Å². The van der Waals surface area contributed by atoms with Crippen LogP contribution in [0.4, 0.5) is 14.9 Å². The zero-order valence-corrected chi connectivity index (χ0v) is 11.6. The first kappa shape index (κ1) is 14.9. The summed E-state index contributed by atoms with van der Waals surface area (Å²) >= 11 is 3.17. The first-order chi connectivity index (χ1) is 8.56. The number of aliphatic hydroxyl groups is 1. The highest BCUT2D eigenvalue weighted by Crippen LogP contribution is 2.22. The van der Waals surface area contributed by atoms with Crippen LogP contribution in [0.15, 0.2) is 22.7 Å². The zero-order chi connectivity index (χ0) is 13.5. The number of halogens is 2. The van der Waals surface area contributed by atoms with E-state index >= 15 is 0 Å². The highest BCUT2D eigenvalue weighted by atomic mass is 79.9. The second-order valence-electron chi connectivity index (χ2n) is 3.84. The molecule has 0 aromatic heterocycles. The van der Waals surface area contributed by atoms with Gasteiger partial charge in [-0.25, -0.2) is 9.18 Å². The molecule has 0 aliphatic rings. The minimum atomic E-state index is -0.375. The molecule has 1 aromatic carbocycles. The van der Waals surface area contributed by atoms with Gasteiger partial charge < -0.3 is 15.7 Å². The van der Waals surface area contributed by atoms with Crippen LogP contribution in [0, 0.1) is 5.82 Å². The molecule has 2 amide bonds. The summed E-state index contributed by atoms with van der Waals surface area (Å²) in [5.74, 6) is -0.375. The highest BCUT2D eigenvalue weighted by Gasteiger charge is 2.11. The summed E-state index contributed by atoms with van der Waals surface area (Å²) in [5.41, 5.74) is 0.493. The summed E-state index contributed by atoms with van der Waals surface area (Å²) < 4.78 is 13.3. The van der Waals surface area contributed by atoms with Crippen LogP contribution in [0.25, 0.3) is 0 Å². The van der Waals surface area contributed by atoms with Gasteiger partial charge in [0.25, 0.3) is 0 Å². The summed E-state index contributed by atoms with van der Waals surface area (Å²) in [6, 6.07) is 3.58. The molecule has 4 nitrogen and oxygen atoms in total. The predicted octanol–water partition coefficient (Wildman–Crippen LogP) is 2.87. The first-order valence-electron chi connectivity index (χ1n) is 5.70. The Bertz CT molecular complexity index is 415. The summed E-state index contributed by atoms with van der Waals surface area (Å²) in [4.78, 5) is 11.7. The fraction of sp³-hybridized carbons (Fsp3) is 0.417. The van der Waals surface area contributed by atoms with Gasteiger partial charge in [0.15, 0.2) is 0 Å². The van der Waals surface area contributed by atoms with Crippen LogP contribution >= 0.6 is 15.9 Å². The molecule has 100 valence electrons. The Labute approximate surface area is 114 Å². The number of aliphatic hydroxyl groups excluding tert-OH is 1. The summed E-state index contributed by atoms with van der Waals surface area (Å²) in [5, 5.41) is 14.2. The largest absolute Gasteiger partial charge is 0.396 e. The van der Waals surface area contributed by atoms with Crippen molar-refractivity contribution >= 4 is 27.6 Å². The van der Waals surface area contributed by atoms with E-state index in [0.717, 1.165) is 6.42 Å². The number of benzene rings is 1. The van der Waals surface area contributed by atoms with Crippen LogP contribution in [-0.2, 0) is 0 Å². The topological polar surface area (TPSA) is 61.4 Å². The second-order valence-corrected chi connectivity index (χ2v) is 4.69. The van der Waals surface area contributed by atoms with Gasteiger partial charge in [0, 0.05) is 17.1 Å². The van der Waals surface area contributed by atoms with E-state index in [1.54, 1.807) is 0 Å². The van der Waals surface area contributed by atoms with Crippen molar-refractivity contribution < 1.29 is 14.3 Å². The molecule has 18 heavy (non-hydrogen) atoms. The van der Waals surface area contributed by atoms with Crippen molar-refractivity contribution in [2.75, 3.05) is 11.9 Å². The maximum atomic E-state index is 12.9. The molecule has 0 fully saturated rings. The number of hydrogen-bond donors (Lipinski definition) is 3. The van der Waals surface area contributed by atoms with Gasteiger partial charge in [0.05, 0.1) is 5.69 Å². The average Bonchev–Trinajstić information content (AvgIpc) is 2.32. The van der Waals surface area contributed by atoms with Crippen LogP contribution in [-0.4, -0.2) is 23.8 Å². The van der Waals surface area contributed by atoms with Crippen LogP contribution in [0.1, 0.15) is 19.8 Å². The molecule has 6 heteroatoms. The molecule has 0 spiro atoms. The summed E-state index contributed by atoms with van der Waals surface area (Å²) in [6.07, 6.45) is 1.24. The first-order valence-corrected chi connectivity index (χ1v) is 6.49. The van der Waals surface area contributed by atoms with Crippen molar-refractivity contribution in [1.29, 1.82) is 0 Å². The lowest BCUT2D eigenvalue weighted by Gasteiger charge is -2.16. The molecule has 1 rings (SSSR count). The van der Waals surface area contributed by atoms with Crippen molar-refractivity contribution in [2.24, 2.45) is 0 Å². The average molecular weight is 319 g/mol. The molecular weight excluding hydrogens is 303 g/mol. The minimum Gasteiger partial charge on any atom is -0.396 e. The third-order valence-corrected chi connectivity index (χ3v) is 3.14. The minimum absolute atomic E-state index is 0.0268. The Morgan fingerprint density at radius 2 is 2.28 bits per heavy atom. The molecular formula is C12H16BrFN2O2. The van der Waals surface area contributed by atoms with Gasteiger partial charge >= 0.3 is 6.03 Å². The van der Waals surface area contributed by atoms with Gasteiger partial charge in [-0.2, -0.15) is 0 Å². The van der Waals surface area contributed by atoms with E-state index in [0.29, 0.717) is 16.6 Å². The van der Waals surface area contributed by atoms with Gasteiger partial charge in [-0.1, -0.05) is 6.92 Å². The number of urea groups is 1. The van der Waals surface area contributed by atoms with E-state index in [9.17, 15) is 9.18 Å². The maximum absolute atomic E-state index is 12.9. The Morgan fingerprint density at radius 1 is 1.56 bits per heavy atom. The van der Waals surface area contributed by atoms with E-state index in [1.807, 2.05) is 6.92 Å². The Morgan fingerprint density at radius 3 is 2.83 bits per heavy atom. The Balaban J connectivity index is 2.58. The molecule has 0 heterocycles. The lowest BCUT2D eigenvalue weighted by Crippen LogP contribution is -2.38. The fourth-order valence-electron chi connectivity index (χ4n) is 1.47. The van der Waals surface area contributed by atoms with Crippen LogP contribution in [0.5, 0.6) is 0 Å². The number of anilines is 1. The van der Waals surface area contributed by atoms with E-state index < -0.39 is 0 Å². The monoisotopic (exact) mass is 318 g/mol. The summed E-state index contributed by atoms with van der Waals surface area (Å²) in [7, 11) is 0. The van der Waals surface area contributed by atoms with Crippen molar-refractivity contribution in [3.8, 4) is 0 Å². The van der Waals surface area contributed by atoms with Gasteiger partial charge in [-0.15, -0.1) is 0 Å². The van der Waals surface area contributed by atoms with Crippen LogP contribution in [0.2, 0.25) is 0 Å². The van der Waals surface area contributed by atoms with Gasteiger partial charge in [0.1, 0.15) is 5.82 Å². The summed E-state index contributed by atoms with van der Waals surface area (Å²) in [6.45, 7) is 1.95.